The van der Waals surface area contributed by atoms with Gasteiger partial charge in [0.1, 0.15) is 6.61 Å². The quantitative estimate of drug-likeness (QED) is 0.775. The van der Waals surface area contributed by atoms with Crippen molar-refractivity contribution >= 4 is 17.7 Å². The lowest BCUT2D eigenvalue weighted by Crippen LogP contribution is -2.22. The molecule has 0 fully saturated rings. The smallest absolute Gasteiger partial charge is 0.411 e. The molecule has 4 rings (SSSR count). The van der Waals surface area contributed by atoms with E-state index >= 15 is 0 Å². The minimum absolute atomic E-state index is 0.00792. The lowest BCUT2D eigenvalue weighted by Gasteiger charge is -2.15. The molecule has 5 heteroatoms. The Balaban J connectivity index is 1.48. The zero-order valence-electron chi connectivity index (χ0n) is 14.3. The number of anilines is 1. The summed E-state index contributed by atoms with van der Waals surface area (Å²) in [5, 5.41) is 13.5. The van der Waals surface area contributed by atoms with Crippen LogP contribution in [-0.2, 0) is 4.74 Å². The molecule has 0 bridgehead atoms. The van der Waals surface area contributed by atoms with Crippen molar-refractivity contribution in [3.63, 3.8) is 0 Å². The topological polar surface area (TPSA) is 78.5 Å². The molecule has 0 saturated heterocycles. The van der Waals surface area contributed by atoms with Gasteiger partial charge in [-0.05, 0) is 39.9 Å². The molecule has 1 amide bonds. The predicted octanol–water partition coefficient (Wildman–Crippen LogP) is 3.41. The van der Waals surface area contributed by atoms with E-state index in [-0.39, 0.29) is 18.1 Å². The number of carboxylic acids is 1. The van der Waals surface area contributed by atoms with Crippen LogP contribution in [0, 0.1) is 0 Å². The second-order valence-electron chi connectivity index (χ2n) is 6.32. The van der Waals surface area contributed by atoms with Crippen molar-refractivity contribution in [2.24, 2.45) is 0 Å². The summed E-state index contributed by atoms with van der Waals surface area (Å²) in [6.45, 7) is 0.194. The second kappa shape index (κ2) is 6.96. The van der Waals surface area contributed by atoms with E-state index in [0.717, 1.165) is 22.3 Å². The fourth-order valence-electron chi connectivity index (χ4n) is 3.48. The van der Waals surface area contributed by atoms with Gasteiger partial charge >= 0.3 is 6.09 Å². The van der Waals surface area contributed by atoms with E-state index in [1.165, 1.54) is 18.2 Å². The normalized spacial score (nSPS) is 12.1. The first-order chi connectivity index (χ1) is 13.1. The Morgan fingerprint density at radius 1 is 0.889 bits per heavy atom. The average molecular weight is 358 g/mol. The summed E-state index contributed by atoms with van der Waals surface area (Å²) in [6.07, 6.45) is -0.632. The van der Waals surface area contributed by atoms with Gasteiger partial charge in [0.2, 0.25) is 0 Å². The highest BCUT2D eigenvalue weighted by Crippen LogP contribution is 2.44. The molecule has 0 aliphatic heterocycles. The van der Waals surface area contributed by atoms with Crippen LogP contribution >= 0.6 is 0 Å². The summed E-state index contributed by atoms with van der Waals surface area (Å²) in [7, 11) is 0. The number of ether oxygens (including phenoxy) is 1. The molecule has 5 nitrogen and oxygen atoms in total. The van der Waals surface area contributed by atoms with Gasteiger partial charge in [-0.15, -0.1) is 0 Å². The van der Waals surface area contributed by atoms with Gasteiger partial charge in [-0.1, -0.05) is 60.7 Å². The van der Waals surface area contributed by atoms with Crippen LogP contribution < -0.4 is 10.4 Å². The highest BCUT2D eigenvalue weighted by molar-refractivity contribution is 5.90. The maximum atomic E-state index is 12.2. The van der Waals surface area contributed by atoms with E-state index in [0.29, 0.717) is 5.69 Å². The molecule has 1 aliphatic carbocycles. The minimum Gasteiger partial charge on any atom is -0.545 e. The highest BCUT2D eigenvalue weighted by Gasteiger charge is 2.28. The van der Waals surface area contributed by atoms with Crippen LogP contribution in [0.1, 0.15) is 27.4 Å². The molecular formula is C22H16NO4-. The number of carboxylic acid groups (broad SMARTS) is 1. The number of rotatable bonds is 4. The number of hydrogen-bond acceptors (Lipinski definition) is 4. The van der Waals surface area contributed by atoms with Gasteiger partial charge in [-0.3, -0.25) is 5.32 Å². The van der Waals surface area contributed by atoms with Crippen molar-refractivity contribution in [1.29, 1.82) is 0 Å². The first-order valence-electron chi connectivity index (χ1n) is 8.57. The molecule has 0 heterocycles. The van der Waals surface area contributed by atoms with Crippen molar-refractivity contribution in [2.45, 2.75) is 5.92 Å². The first-order valence-corrected chi connectivity index (χ1v) is 8.57. The maximum Gasteiger partial charge on any atom is 0.411 e. The van der Waals surface area contributed by atoms with E-state index in [1.54, 1.807) is 6.07 Å². The van der Waals surface area contributed by atoms with Crippen molar-refractivity contribution in [3.8, 4) is 11.1 Å². The van der Waals surface area contributed by atoms with Crippen LogP contribution in [0.3, 0.4) is 0 Å². The molecule has 3 aromatic rings. The Morgan fingerprint density at radius 2 is 1.52 bits per heavy atom. The van der Waals surface area contributed by atoms with Crippen molar-refractivity contribution < 1.29 is 19.4 Å². The number of amides is 1. The molecule has 0 spiro atoms. The fraction of sp³-hybridized carbons (Fsp3) is 0.0909. The van der Waals surface area contributed by atoms with Gasteiger partial charge in [0.15, 0.2) is 0 Å². The molecule has 0 saturated carbocycles. The summed E-state index contributed by atoms with van der Waals surface area (Å²) in [6, 6.07) is 22.0. The number of carbonyl (C=O) groups excluding carboxylic acids is 2. The van der Waals surface area contributed by atoms with Crippen molar-refractivity contribution in [1.82, 2.24) is 0 Å². The third kappa shape index (κ3) is 3.27. The summed E-state index contributed by atoms with van der Waals surface area (Å²) in [5.74, 6) is -1.33. The van der Waals surface area contributed by atoms with E-state index in [4.69, 9.17) is 4.74 Å². The van der Waals surface area contributed by atoms with Crippen LogP contribution in [0.5, 0.6) is 0 Å². The molecule has 0 atom stereocenters. The van der Waals surface area contributed by atoms with Crippen molar-refractivity contribution in [2.75, 3.05) is 11.9 Å². The molecule has 0 unspecified atom stereocenters. The number of fused-ring (bicyclic) bond motifs is 3. The fourth-order valence-corrected chi connectivity index (χ4v) is 3.48. The predicted molar refractivity (Wildman–Crippen MR) is 99.5 cm³/mol. The molecule has 1 aliphatic rings. The van der Waals surface area contributed by atoms with Crippen LogP contribution in [-0.4, -0.2) is 18.7 Å². The zero-order valence-corrected chi connectivity index (χ0v) is 14.3. The summed E-state index contributed by atoms with van der Waals surface area (Å²) in [5.41, 5.74) is 4.91. The van der Waals surface area contributed by atoms with E-state index < -0.39 is 12.1 Å². The first kappa shape index (κ1) is 16.8. The van der Waals surface area contributed by atoms with Crippen LogP contribution in [0.15, 0.2) is 72.8 Å². The standard InChI is InChI=1S/C22H17NO4/c24-21(25)14-6-5-7-15(12-14)23-22(26)27-13-20-18-10-3-1-8-16(18)17-9-2-4-11-19(17)20/h1-12,20H,13H2,(H,23,26)(H,24,25)/p-1. The Kier molecular flexibility index (Phi) is 4.34. The number of carbonyl (C=O) groups is 2. The molecule has 0 aromatic heterocycles. The van der Waals surface area contributed by atoms with Gasteiger partial charge in [0, 0.05) is 11.6 Å². The van der Waals surface area contributed by atoms with Gasteiger partial charge in [-0.25, -0.2) is 4.79 Å². The number of benzene rings is 3. The van der Waals surface area contributed by atoms with Gasteiger partial charge < -0.3 is 14.6 Å². The number of hydrogen-bond donors (Lipinski definition) is 1. The molecule has 0 radical (unpaired) electrons. The van der Waals surface area contributed by atoms with Crippen molar-refractivity contribution in [3.05, 3.63) is 89.5 Å². The molecule has 134 valence electrons. The lowest BCUT2D eigenvalue weighted by atomic mass is 9.98. The summed E-state index contributed by atoms with van der Waals surface area (Å²) >= 11 is 0. The summed E-state index contributed by atoms with van der Waals surface area (Å²) < 4.78 is 5.43. The third-order valence-corrected chi connectivity index (χ3v) is 4.69. The zero-order chi connectivity index (χ0) is 18.8. The SMILES string of the molecule is O=C(Nc1cccc(C(=O)[O-])c1)OCC1c2ccccc2-c2ccccc21. The molecule has 3 aromatic carbocycles. The largest absolute Gasteiger partial charge is 0.545 e. The van der Waals surface area contributed by atoms with E-state index in [1.807, 2.05) is 36.4 Å². The Bertz CT molecular complexity index is 983. The van der Waals surface area contributed by atoms with Crippen LogP contribution in [0.25, 0.3) is 11.1 Å². The monoisotopic (exact) mass is 358 g/mol. The number of aromatic carboxylic acids is 1. The Morgan fingerprint density at radius 3 is 2.15 bits per heavy atom. The molecule has 27 heavy (non-hydrogen) atoms. The molecule has 1 N–H and O–H groups in total. The van der Waals surface area contributed by atoms with Gasteiger partial charge in [0.05, 0.1) is 5.97 Å². The van der Waals surface area contributed by atoms with Crippen LogP contribution in [0.2, 0.25) is 0 Å². The van der Waals surface area contributed by atoms with Crippen LogP contribution in [0.4, 0.5) is 10.5 Å². The van der Waals surface area contributed by atoms with Gasteiger partial charge in [-0.2, -0.15) is 0 Å². The summed E-state index contributed by atoms with van der Waals surface area (Å²) in [4.78, 5) is 23.1. The maximum absolute atomic E-state index is 12.2. The third-order valence-electron chi connectivity index (χ3n) is 4.69. The second-order valence-corrected chi connectivity index (χ2v) is 6.32. The van der Waals surface area contributed by atoms with Gasteiger partial charge in [0.25, 0.3) is 0 Å². The van der Waals surface area contributed by atoms with E-state index in [9.17, 15) is 14.7 Å². The lowest BCUT2D eigenvalue weighted by molar-refractivity contribution is -0.255. The Hall–Kier alpha value is -3.60. The Labute approximate surface area is 156 Å². The number of nitrogens with one attached hydrogen (secondary N) is 1. The minimum atomic E-state index is -1.30. The van der Waals surface area contributed by atoms with E-state index in [2.05, 4.69) is 17.4 Å². The average Bonchev–Trinajstić information content (AvgIpc) is 3.00. The molecular weight excluding hydrogens is 342 g/mol. The highest BCUT2D eigenvalue weighted by atomic mass is 16.5.